The SMILES string of the molecule is Cc1cccc(-c2cc(CCc3c[c-]c(-c4ccccn4)cc3)cc(CCc3c[c-]c(-c4ccccn4)cc3)c2)c1-c1c[c-]c2c3nccc(-c4ccc(-c5ccccc5)cc4)c3c3ccnn3c2c1.[Ir+3]. The third-order valence-electron chi connectivity index (χ3n) is 13.5. The molecule has 0 saturated carbocycles. The van der Waals surface area contributed by atoms with Gasteiger partial charge in [0.1, 0.15) is 0 Å². The van der Waals surface area contributed by atoms with Gasteiger partial charge in [-0.3, -0.25) is 4.52 Å². The first-order valence-electron chi connectivity index (χ1n) is 23.9. The molecular formula is C65H46IrN5. The van der Waals surface area contributed by atoms with Crippen molar-refractivity contribution in [3.8, 4) is 67.0 Å². The summed E-state index contributed by atoms with van der Waals surface area (Å²) in [5.41, 5.74) is 22.4. The Labute approximate surface area is 428 Å². The second-order valence-corrected chi connectivity index (χ2v) is 18.0. The predicted octanol–water partition coefficient (Wildman–Crippen LogP) is 15.1. The average Bonchev–Trinajstić information content (AvgIpc) is 3.94. The van der Waals surface area contributed by atoms with Crippen LogP contribution >= 0.6 is 0 Å². The minimum atomic E-state index is 0. The summed E-state index contributed by atoms with van der Waals surface area (Å²) >= 11 is 0. The molecule has 0 saturated heterocycles. The predicted molar refractivity (Wildman–Crippen MR) is 285 cm³/mol. The van der Waals surface area contributed by atoms with Crippen LogP contribution in [0.25, 0.3) is 94.3 Å². The summed E-state index contributed by atoms with van der Waals surface area (Å²) in [6, 6.07) is 77.5. The average molecular weight is 1090 g/mol. The van der Waals surface area contributed by atoms with Crippen LogP contribution in [0.5, 0.6) is 0 Å². The summed E-state index contributed by atoms with van der Waals surface area (Å²) in [7, 11) is 0. The van der Waals surface area contributed by atoms with Crippen molar-refractivity contribution in [1.29, 1.82) is 0 Å². The number of nitrogens with zero attached hydrogens (tertiary/aromatic N) is 5. The van der Waals surface area contributed by atoms with E-state index in [0.717, 1.165) is 92.2 Å². The normalized spacial score (nSPS) is 11.3. The molecule has 0 amide bonds. The molecule has 0 fully saturated rings. The molecule has 0 spiro atoms. The summed E-state index contributed by atoms with van der Waals surface area (Å²) in [6.45, 7) is 2.21. The number of hydrogen-bond acceptors (Lipinski definition) is 4. The molecule has 0 atom stereocenters. The zero-order chi connectivity index (χ0) is 46.8. The zero-order valence-electron chi connectivity index (χ0n) is 39.1. The van der Waals surface area contributed by atoms with Crippen LogP contribution in [0.3, 0.4) is 0 Å². The first kappa shape index (κ1) is 45.3. The van der Waals surface area contributed by atoms with Gasteiger partial charge >= 0.3 is 20.1 Å². The standard InChI is InChI=1S/C65H46N5.Ir/c1-44-10-9-13-56(63(44)54-32-33-58-62(43-54)70-61(35-39-69-70)64-57(34-38-68-65(58)64)51-30-28-50(29-31-51)49-11-3-2-4-12-49)55-41-47(18-16-45-20-24-52(25-21-45)59-14-5-7-36-66-59)40-48(42-55)19-17-46-22-26-53(27-23-46)60-15-6-8-37-67-60;/h2-15,20-24,26,28-32,34-43H,16-19H2,1H3;/q-3;+3. The van der Waals surface area contributed by atoms with Gasteiger partial charge in [0.2, 0.25) is 0 Å². The molecular weight excluding hydrogens is 1040 g/mol. The smallest absolute Gasteiger partial charge is 0.305 e. The van der Waals surface area contributed by atoms with E-state index in [4.69, 9.17) is 10.1 Å². The number of aromatic nitrogens is 5. The quantitative estimate of drug-likeness (QED) is 0.0904. The third kappa shape index (κ3) is 9.24. The van der Waals surface area contributed by atoms with E-state index < -0.39 is 0 Å². The summed E-state index contributed by atoms with van der Waals surface area (Å²) in [5.74, 6) is 0. The van der Waals surface area contributed by atoms with E-state index in [-0.39, 0.29) is 20.1 Å². The Bertz CT molecular complexity index is 3690. The zero-order valence-corrected chi connectivity index (χ0v) is 41.5. The van der Waals surface area contributed by atoms with Crippen molar-refractivity contribution >= 4 is 27.3 Å². The first-order chi connectivity index (χ1) is 34.6. The molecule has 340 valence electrons. The van der Waals surface area contributed by atoms with Gasteiger partial charge in [-0.05, 0) is 122 Å². The van der Waals surface area contributed by atoms with Crippen LogP contribution in [0.2, 0.25) is 0 Å². The maximum Gasteiger partial charge on any atom is 3.00 e. The van der Waals surface area contributed by atoms with Gasteiger partial charge in [0.25, 0.3) is 0 Å². The minimum Gasteiger partial charge on any atom is -0.305 e. The molecule has 6 heteroatoms. The Morgan fingerprint density at radius 2 is 1.06 bits per heavy atom. The Hall–Kier alpha value is -8.15. The van der Waals surface area contributed by atoms with E-state index in [1.54, 1.807) is 0 Å². The number of aryl methyl sites for hydroxylation is 5. The maximum absolute atomic E-state index is 5.03. The summed E-state index contributed by atoms with van der Waals surface area (Å²) in [4.78, 5) is 14.1. The fourth-order valence-corrected chi connectivity index (χ4v) is 9.96. The van der Waals surface area contributed by atoms with E-state index in [1.807, 2.05) is 61.2 Å². The number of pyridine rings is 4. The minimum absolute atomic E-state index is 0. The molecule has 5 heterocycles. The van der Waals surface area contributed by atoms with Gasteiger partial charge in [-0.2, -0.15) is 5.10 Å². The molecule has 0 aliphatic carbocycles. The van der Waals surface area contributed by atoms with Crippen molar-refractivity contribution in [3.05, 3.63) is 259 Å². The van der Waals surface area contributed by atoms with Crippen LogP contribution in [0.15, 0.2) is 213 Å². The Morgan fingerprint density at radius 1 is 0.423 bits per heavy atom. The third-order valence-corrected chi connectivity index (χ3v) is 13.5. The van der Waals surface area contributed by atoms with Crippen LogP contribution in [0.1, 0.15) is 27.8 Å². The van der Waals surface area contributed by atoms with Gasteiger partial charge in [0, 0.05) is 24.8 Å². The number of fused-ring (bicyclic) bond motifs is 6. The van der Waals surface area contributed by atoms with Crippen LogP contribution in [0.4, 0.5) is 0 Å². The van der Waals surface area contributed by atoms with Crippen molar-refractivity contribution in [2.45, 2.75) is 32.6 Å². The fourth-order valence-electron chi connectivity index (χ4n) is 9.96. The summed E-state index contributed by atoms with van der Waals surface area (Å²) < 4.78 is 2.07. The van der Waals surface area contributed by atoms with Crippen LogP contribution < -0.4 is 0 Å². The van der Waals surface area contributed by atoms with Gasteiger partial charge in [-0.25, -0.2) is 0 Å². The Morgan fingerprint density at radius 3 is 1.69 bits per heavy atom. The molecule has 0 aliphatic rings. The van der Waals surface area contributed by atoms with E-state index >= 15 is 0 Å². The molecule has 0 radical (unpaired) electrons. The first-order valence-corrected chi connectivity index (χ1v) is 23.9. The van der Waals surface area contributed by atoms with Gasteiger partial charge in [0.05, 0.1) is 5.52 Å². The molecule has 7 aromatic carbocycles. The number of hydrogen-bond donors (Lipinski definition) is 0. The van der Waals surface area contributed by atoms with E-state index in [2.05, 4.69) is 191 Å². The number of rotatable bonds is 12. The molecule has 0 unspecified atom stereocenters. The van der Waals surface area contributed by atoms with Crippen molar-refractivity contribution in [1.82, 2.24) is 24.6 Å². The molecule has 12 aromatic rings. The van der Waals surface area contributed by atoms with E-state index in [0.29, 0.717) is 0 Å². The molecule has 5 aromatic heterocycles. The maximum atomic E-state index is 5.03. The second kappa shape index (κ2) is 20.1. The Balaban J connectivity index is 0.00000547. The molecule has 0 bridgehead atoms. The van der Waals surface area contributed by atoms with Crippen molar-refractivity contribution < 1.29 is 20.1 Å². The van der Waals surface area contributed by atoms with E-state index in [9.17, 15) is 0 Å². The molecule has 0 aliphatic heterocycles. The van der Waals surface area contributed by atoms with Crippen molar-refractivity contribution in [2.24, 2.45) is 0 Å². The monoisotopic (exact) mass is 1090 g/mol. The van der Waals surface area contributed by atoms with Crippen molar-refractivity contribution in [3.63, 3.8) is 0 Å². The summed E-state index contributed by atoms with van der Waals surface area (Å²) in [6.07, 6.45) is 11.1. The van der Waals surface area contributed by atoms with Gasteiger partial charge in [0.15, 0.2) is 0 Å². The molecule has 0 N–H and O–H groups in total. The topological polar surface area (TPSA) is 56.0 Å². The largest absolute Gasteiger partial charge is 3.00 e. The Kier molecular flexibility index (Phi) is 12.8. The van der Waals surface area contributed by atoms with Gasteiger partial charge < -0.3 is 15.0 Å². The molecule has 5 nitrogen and oxygen atoms in total. The van der Waals surface area contributed by atoms with Gasteiger partial charge in [-0.15, -0.1) is 89.0 Å². The second-order valence-electron chi connectivity index (χ2n) is 18.0. The summed E-state index contributed by atoms with van der Waals surface area (Å²) in [5, 5.41) is 6.94. The molecule has 71 heavy (non-hydrogen) atoms. The van der Waals surface area contributed by atoms with Crippen LogP contribution in [-0.2, 0) is 45.8 Å². The fraction of sp³-hybridized carbons (Fsp3) is 0.0769. The van der Waals surface area contributed by atoms with E-state index in [1.165, 1.54) is 55.6 Å². The van der Waals surface area contributed by atoms with Crippen LogP contribution in [0, 0.1) is 25.1 Å². The van der Waals surface area contributed by atoms with Crippen molar-refractivity contribution in [2.75, 3.05) is 0 Å². The van der Waals surface area contributed by atoms with Gasteiger partial charge in [-0.1, -0.05) is 145 Å². The number of benzene rings is 7. The molecule has 12 rings (SSSR count). The van der Waals surface area contributed by atoms with Crippen LogP contribution in [-0.4, -0.2) is 24.6 Å².